The number of H-pyrrole nitrogens is 1. The zero-order valence-corrected chi connectivity index (χ0v) is 13.7. The van der Waals surface area contributed by atoms with E-state index in [2.05, 4.69) is 44.0 Å². The third-order valence-electron chi connectivity index (χ3n) is 3.90. The maximum absolute atomic E-state index is 9.10. The summed E-state index contributed by atoms with van der Waals surface area (Å²) in [5.41, 5.74) is 11.0. The number of aryl methyl sites for hydroxylation is 1. The van der Waals surface area contributed by atoms with Gasteiger partial charge in [0.25, 0.3) is 0 Å². The predicted octanol–water partition coefficient (Wildman–Crippen LogP) is 2.65. The highest BCUT2D eigenvalue weighted by atomic mass is 16.4. The zero-order valence-electron chi connectivity index (χ0n) is 13.7. The summed E-state index contributed by atoms with van der Waals surface area (Å²) in [6, 6.07) is 6.76. The van der Waals surface area contributed by atoms with Crippen LogP contribution in [0.4, 0.5) is 0 Å². The number of nitrogens with one attached hydrogen (secondary N) is 1. The second-order valence-electron chi connectivity index (χ2n) is 5.49. The summed E-state index contributed by atoms with van der Waals surface area (Å²) < 4.78 is 0. The van der Waals surface area contributed by atoms with Crippen molar-refractivity contribution in [1.29, 1.82) is 0 Å². The maximum atomic E-state index is 9.10. The molecule has 6 heteroatoms. The summed E-state index contributed by atoms with van der Waals surface area (Å²) in [6.45, 7) is 7.36. The maximum Gasteiger partial charge on any atom is 0.414 e. The molecule has 0 saturated heterocycles. The Morgan fingerprint density at radius 2 is 1.87 bits per heavy atom. The molecule has 0 aliphatic carbocycles. The first-order chi connectivity index (χ1) is 10.8. The number of nitrogens with two attached hydrogens (primary N) is 1. The van der Waals surface area contributed by atoms with Crippen LogP contribution >= 0.6 is 0 Å². The van der Waals surface area contributed by atoms with Gasteiger partial charge in [-0.1, -0.05) is 19.9 Å². The minimum Gasteiger partial charge on any atom is -0.473 e. The van der Waals surface area contributed by atoms with Crippen molar-refractivity contribution in [3.63, 3.8) is 0 Å². The molecule has 23 heavy (non-hydrogen) atoms. The van der Waals surface area contributed by atoms with Crippen LogP contribution in [-0.2, 0) is 16.0 Å². The molecule has 0 spiro atoms. The highest BCUT2D eigenvalue weighted by Crippen LogP contribution is 2.27. The lowest BCUT2D eigenvalue weighted by atomic mass is 9.96. The first-order valence-electron chi connectivity index (χ1n) is 7.59. The number of carboxylic acids is 2. The van der Waals surface area contributed by atoms with Gasteiger partial charge in [0.15, 0.2) is 0 Å². The van der Waals surface area contributed by atoms with Crippen molar-refractivity contribution in [1.82, 2.24) is 4.98 Å². The molecule has 126 valence electrons. The third kappa shape index (κ3) is 4.82. The van der Waals surface area contributed by atoms with Gasteiger partial charge in [0, 0.05) is 16.6 Å². The largest absolute Gasteiger partial charge is 0.473 e. The summed E-state index contributed by atoms with van der Waals surface area (Å²) >= 11 is 0. The van der Waals surface area contributed by atoms with Gasteiger partial charge in [-0.05, 0) is 55.5 Å². The fourth-order valence-electron chi connectivity index (χ4n) is 2.41. The molecule has 0 aliphatic rings. The van der Waals surface area contributed by atoms with Gasteiger partial charge < -0.3 is 20.9 Å². The molecule has 5 N–H and O–H groups in total. The highest BCUT2D eigenvalue weighted by molar-refractivity contribution is 6.27. The molecule has 1 heterocycles. The molecular formula is C17H24N2O4. The summed E-state index contributed by atoms with van der Waals surface area (Å²) in [6.07, 6.45) is 2.14. The van der Waals surface area contributed by atoms with Crippen molar-refractivity contribution in [3.05, 3.63) is 35.0 Å². The highest BCUT2D eigenvalue weighted by Gasteiger charge is 2.10. The lowest BCUT2D eigenvalue weighted by Crippen LogP contribution is -2.09. The van der Waals surface area contributed by atoms with Gasteiger partial charge in [-0.2, -0.15) is 0 Å². The molecule has 0 aliphatic heterocycles. The second kappa shape index (κ2) is 8.33. The molecular weight excluding hydrogens is 296 g/mol. The second-order valence-corrected chi connectivity index (χ2v) is 5.49. The van der Waals surface area contributed by atoms with E-state index < -0.39 is 11.9 Å². The van der Waals surface area contributed by atoms with E-state index in [4.69, 9.17) is 25.5 Å². The van der Waals surface area contributed by atoms with Crippen molar-refractivity contribution < 1.29 is 19.8 Å². The molecule has 0 amide bonds. The van der Waals surface area contributed by atoms with Crippen molar-refractivity contribution >= 4 is 22.8 Å². The number of aliphatic carboxylic acids is 2. The number of fused-ring (bicyclic) bond motifs is 1. The number of hydrogen-bond acceptors (Lipinski definition) is 3. The van der Waals surface area contributed by atoms with Crippen LogP contribution < -0.4 is 5.73 Å². The van der Waals surface area contributed by atoms with Crippen molar-refractivity contribution in [2.24, 2.45) is 5.73 Å². The van der Waals surface area contributed by atoms with E-state index in [0.717, 1.165) is 6.42 Å². The Balaban J connectivity index is 0.000000379. The van der Waals surface area contributed by atoms with Gasteiger partial charge in [-0.3, -0.25) is 0 Å². The number of carboxylic acid groups (broad SMARTS) is 2. The van der Waals surface area contributed by atoms with Crippen LogP contribution in [0.5, 0.6) is 0 Å². The van der Waals surface area contributed by atoms with E-state index in [9.17, 15) is 0 Å². The summed E-state index contributed by atoms with van der Waals surface area (Å²) in [4.78, 5) is 21.6. The van der Waals surface area contributed by atoms with Crippen molar-refractivity contribution in [2.45, 2.75) is 39.5 Å². The normalized spacial score (nSPS) is 11.7. The molecule has 0 bridgehead atoms. The number of rotatable bonds is 4. The van der Waals surface area contributed by atoms with Gasteiger partial charge in [0.05, 0.1) is 0 Å². The summed E-state index contributed by atoms with van der Waals surface area (Å²) in [5, 5.41) is 16.1. The number of aromatic amines is 1. The zero-order chi connectivity index (χ0) is 17.6. The first-order valence-corrected chi connectivity index (χ1v) is 7.59. The van der Waals surface area contributed by atoms with E-state index in [-0.39, 0.29) is 0 Å². The molecule has 0 fully saturated rings. The van der Waals surface area contributed by atoms with E-state index in [1.54, 1.807) is 0 Å². The Bertz CT molecular complexity index is 679. The molecule has 6 nitrogen and oxygen atoms in total. The molecule has 0 saturated carbocycles. The topological polar surface area (TPSA) is 116 Å². The minimum atomic E-state index is -1.82. The molecule has 2 aromatic rings. The number of hydrogen-bond donors (Lipinski definition) is 4. The molecule has 1 aromatic heterocycles. The van der Waals surface area contributed by atoms with Gasteiger partial charge in [-0.25, -0.2) is 9.59 Å². The minimum absolute atomic E-state index is 0.625. The third-order valence-corrected chi connectivity index (χ3v) is 3.90. The number of aromatic nitrogens is 1. The Morgan fingerprint density at radius 3 is 2.35 bits per heavy atom. The van der Waals surface area contributed by atoms with Crippen LogP contribution in [0.25, 0.3) is 10.9 Å². The molecule has 2 rings (SSSR count). The smallest absolute Gasteiger partial charge is 0.414 e. The fraction of sp³-hybridized carbons (Fsp3) is 0.412. The number of benzene rings is 1. The average Bonchev–Trinajstić information content (AvgIpc) is 2.82. The van der Waals surface area contributed by atoms with Crippen LogP contribution in [0, 0.1) is 6.92 Å². The van der Waals surface area contributed by atoms with Gasteiger partial charge in [0.2, 0.25) is 0 Å². The Kier molecular flexibility index (Phi) is 6.78. The van der Waals surface area contributed by atoms with E-state index in [0.29, 0.717) is 12.5 Å². The van der Waals surface area contributed by atoms with Gasteiger partial charge in [-0.15, -0.1) is 0 Å². The number of carbonyl (C=O) groups is 2. The predicted molar refractivity (Wildman–Crippen MR) is 89.8 cm³/mol. The van der Waals surface area contributed by atoms with E-state index in [1.807, 2.05) is 0 Å². The quantitative estimate of drug-likeness (QED) is 0.646. The van der Waals surface area contributed by atoms with Crippen LogP contribution in [0.1, 0.15) is 43.0 Å². The van der Waals surface area contributed by atoms with Crippen molar-refractivity contribution in [3.8, 4) is 0 Å². The average molecular weight is 320 g/mol. The van der Waals surface area contributed by atoms with Gasteiger partial charge in [0.1, 0.15) is 0 Å². The lowest BCUT2D eigenvalue weighted by molar-refractivity contribution is -0.159. The molecule has 0 radical (unpaired) electrons. The molecule has 1 aromatic carbocycles. The fourth-order valence-corrected chi connectivity index (χ4v) is 2.41. The standard InChI is InChI=1S/C15H22N2.C2H2O4/c1-4-10(2)12-5-6-15-14(9-12)13(7-8-16)11(3)17-15;3-1(4)2(5)6/h5-6,9-10,17H,4,7-8,16H2,1-3H3;(H,3,4)(H,5,6). The van der Waals surface area contributed by atoms with Crippen LogP contribution in [0.3, 0.4) is 0 Å². The lowest BCUT2D eigenvalue weighted by Gasteiger charge is -2.09. The molecule has 1 atom stereocenters. The van der Waals surface area contributed by atoms with Crippen molar-refractivity contribution in [2.75, 3.05) is 6.54 Å². The molecule has 1 unspecified atom stereocenters. The Labute approximate surface area is 135 Å². The van der Waals surface area contributed by atoms with Crippen LogP contribution in [-0.4, -0.2) is 33.7 Å². The Hall–Kier alpha value is -2.34. The Morgan fingerprint density at radius 1 is 1.26 bits per heavy atom. The van der Waals surface area contributed by atoms with Gasteiger partial charge >= 0.3 is 11.9 Å². The summed E-state index contributed by atoms with van der Waals surface area (Å²) in [5.74, 6) is -3.02. The summed E-state index contributed by atoms with van der Waals surface area (Å²) in [7, 11) is 0. The monoisotopic (exact) mass is 320 g/mol. The van der Waals surface area contributed by atoms with Crippen LogP contribution in [0.2, 0.25) is 0 Å². The van der Waals surface area contributed by atoms with E-state index in [1.165, 1.54) is 34.1 Å². The van der Waals surface area contributed by atoms with Crippen LogP contribution in [0.15, 0.2) is 18.2 Å². The first kappa shape index (κ1) is 18.7. The SMILES string of the molecule is CCC(C)c1ccc2[nH]c(C)c(CCN)c2c1.O=C(O)C(=O)O. The van der Waals surface area contributed by atoms with E-state index >= 15 is 0 Å².